The van der Waals surface area contributed by atoms with Gasteiger partial charge in [0, 0.05) is 24.8 Å². The van der Waals surface area contributed by atoms with Crippen LogP contribution in [0.3, 0.4) is 0 Å². The molecule has 2 rings (SSSR count). The summed E-state index contributed by atoms with van der Waals surface area (Å²) in [6.07, 6.45) is 5.84. The van der Waals surface area contributed by atoms with Crippen LogP contribution in [-0.2, 0) is 7.05 Å². The van der Waals surface area contributed by atoms with Crippen molar-refractivity contribution in [1.29, 1.82) is 0 Å². The number of hydrogen-bond acceptors (Lipinski definition) is 1. The van der Waals surface area contributed by atoms with Gasteiger partial charge in [0.15, 0.2) is 0 Å². The maximum Gasteiger partial charge on any atom is 0.0666 e. The van der Waals surface area contributed by atoms with Crippen molar-refractivity contribution in [3.05, 3.63) is 30.2 Å². The lowest BCUT2D eigenvalue weighted by molar-refractivity contribution is 0.964. The zero-order chi connectivity index (χ0) is 9.84. The lowest BCUT2D eigenvalue weighted by Gasteiger charge is -1.96. The van der Waals surface area contributed by atoms with Crippen molar-refractivity contribution >= 4 is 10.9 Å². The van der Waals surface area contributed by atoms with E-state index in [9.17, 15) is 0 Å². The molecule has 0 spiro atoms. The van der Waals surface area contributed by atoms with Crippen molar-refractivity contribution in [1.82, 2.24) is 9.55 Å². The van der Waals surface area contributed by atoms with Crippen LogP contribution in [0.4, 0.5) is 0 Å². The molecule has 0 aliphatic heterocycles. The third-order valence-electron chi connectivity index (χ3n) is 2.01. The molecule has 0 aliphatic carbocycles. The third-order valence-corrected chi connectivity index (χ3v) is 2.01. The van der Waals surface area contributed by atoms with Crippen molar-refractivity contribution in [3.63, 3.8) is 0 Å². The second-order valence-electron chi connectivity index (χ2n) is 2.82. The Labute approximate surface area is 79.2 Å². The molecule has 13 heavy (non-hydrogen) atoms. The first-order valence-electron chi connectivity index (χ1n) is 4.64. The van der Waals surface area contributed by atoms with Gasteiger partial charge < -0.3 is 4.57 Å². The topological polar surface area (TPSA) is 17.8 Å². The standard InChI is InChI=1S/C9H10N2.C2H6/c1-7-5-10-6-9-8(7)3-4-11(9)2;1-2/h3-6H,1-2H3;1-2H3. The fraction of sp³-hybridized carbons (Fsp3) is 0.364. The zero-order valence-electron chi connectivity index (χ0n) is 8.70. The van der Waals surface area contributed by atoms with Crippen LogP contribution in [0.1, 0.15) is 19.4 Å². The second-order valence-corrected chi connectivity index (χ2v) is 2.82. The van der Waals surface area contributed by atoms with Gasteiger partial charge in [-0.1, -0.05) is 13.8 Å². The molecule has 0 atom stereocenters. The molecule has 0 bridgehead atoms. The molecule has 0 amide bonds. The summed E-state index contributed by atoms with van der Waals surface area (Å²) in [7, 11) is 2.03. The van der Waals surface area contributed by atoms with E-state index >= 15 is 0 Å². The van der Waals surface area contributed by atoms with Gasteiger partial charge in [-0.05, 0) is 18.6 Å². The maximum atomic E-state index is 4.12. The van der Waals surface area contributed by atoms with Crippen LogP contribution in [-0.4, -0.2) is 9.55 Å². The van der Waals surface area contributed by atoms with Crippen LogP contribution in [0.15, 0.2) is 24.7 Å². The minimum Gasteiger partial charge on any atom is -0.349 e. The zero-order valence-corrected chi connectivity index (χ0v) is 8.70. The average molecular weight is 176 g/mol. The van der Waals surface area contributed by atoms with Gasteiger partial charge >= 0.3 is 0 Å². The molecule has 0 radical (unpaired) electrons. The summed E-state index contributed by atoms with van der Waals surface area (Å²) < 4.78 is 2.08. The van der Waals surface area contributed by atoms with E-state index in [2.05, 4.69) is 28.7 Å². The maximum absolute atomic E-state index is 4.12. The largest absolute Gasteiger partial charge is 0.349 e. The first-order chi connectivity index (χ1) is 6.29. The van der Waals surface area contributed by atoms with Gasteiger partial charge in [0.05, 0.1) is 11.7 Å². The van der Waals surface area contributed by atoms with Crippen LogP contribution in [0.25, 0.3) is 10.9 Å². The van der Waals surface area contributed by atoms with Crippen molar-refractivity contribution in [3.8, 4) is 0 Å². The lowest BCUT2D eigenvalue weighted by atomic mass is 10.2. The number of aromatic nitrogens is 2. The van der Waals surface area contributed by atoms with Gasteiger partial charge in [-0.25, -0.2) is 0 Å². The molecule has 0 aromatic carbocycles. The van der Waals surface area contributed by atoms with E-state index in [4.69, 9.17) is 0 Å². The average Bonchev–Trinajstić information content (AvgIpc) is 2.53. The van der Waals surface area contributed by atoms with E-state index in [1.807, 2.05) is 33.3 Å². The summed E-state index contributed by atoms with van der Waals surface area (Å²) in [5.41, 5.74) is 2.44. The van der Waals surface area contributed by atoms with Gasteiger partial charge in [-0.15, -0.1) is 0 Å². The molecule has 2 aromatic rings. The first kappa shape index (κ1) is 9.78. The predicted molar refractivity (Wildman–Crippen MR) is 56.8 cm³/mol. The molecule has 0 N–H and O–H groups in total. The number of pyridine rings is 1. The molecule has 2 heteroatoms. The molecule has 0 fully saturated rings. The van der Waals surface area contributed by atoms with Crippen molar-refractivity contribution < 1.29 is 0 Å². The molecule has 2 nitrogen and oxygen atoms in total. The Morgan fingerprint density at radius 2 is 1.92 bits per heavy atom. The molecular formula is C11H16N2. The fourth-order valence-corrected chi connectivity index (χ4v) is 1.33. The van der Waals surface area contributed by atoms with Crippen LogP contribution in [0.2, 0.25) is 0 Å². The molecule has 2 aromatic heterocycles. The monoisotopic (exact) mass is 176 g/mol. The normalized spacial score (nSPS) is 9.54. The van der Waals surface area contributed by atoms with Crippen molar-refractivity contribution in [2.24, 2.45) is 7.05 Å². The summed E-state index contributed by atoms with van der Waals surface area (Å²) in [6, 6.07) is 2.12. The smallest absolute Gasteiger partial charge is 0.0666 e. The highest BCUT2D eigenvalue weighted by Crippen LogP contribution is 2.16. The van der Waals surface area contributed by atoms with Gasteiger partial charge in [-0.2, -0.15) is 0 Å². The molecule has 0 unspecified atom stereocenters. The van der Waals surface area contributed by atoms with Crippen molar-refractivity contribution in [2.45, 2.75) is 20.8 Å². The highest BCUT2D eigenvalue weighted by atomic mass is 14.9. The van der Waals surface area contributed by atoms with Gasteiger partial charge in [0.1, 0.15) is 0 Å². The van der Waals surface area contributed by atoms with Crippen LogP contribution >= 0.6 is 0 Å². The van der Waals surface area contributed by atoms with E-state index in [0.717, 1.165) is 0 Å². The van der Waals surface area contributed by atoms with E-state index < -0.39 is 0 Å². The lowest BCUT2D eigenvalue weighted by Crippen LogP contribution is -1.85. The van der Waals surface area contributed by atoms with E-state index in [1.165, 1.54) is 16.5 Å². The van der Waals surface area contributed by atoms with Gasteiger partial charge in [-0.3, -0.25) is 4.98 Å². The minimum atomic E-state index is 1.20. The molecule has 0 saturated carbocycles. The van der Waals surface area contributed by atoms with E-state index in [-0.39, 0.29) is 0 Å². The second kappa shape index (κ2) is 4.08. The Bertz CT molecular complexity index is 388. The Kier molecular flexibility index (Phi) is 3.07. The number of aryl methyl sites for hydroxylation is 2. The Morgan fingerprint density at radius 1 is 1.23 bits per heavy atom. The molecule has 0 saturated heterocycles. The Morgan fingerprint density at radius 3 is 2.54 bits per heavy atom. The number of fused-ring (bicyclic) bond motifs is 1. The highest BCUT2D eigenvalue weighted by molar-refractivity contribution is 5.82. The number of rotatable bonds is 0. The van der Waals surface area contributed by atoms with Crippen LogP contribution in [0.5, 0.6) is 0 Å². The van der Waals surface area contributed by atoms with Crippen LogP contribution in [0, 0.1) is 6.92 Å². The Hall–Kier alpha value is -1.31. The quantitative estimate of drug-likeness (QED) is 0.603. The van der Waals surface area contributed by atoms with E-state index in [0.29, 0.717) is 0 Å². The third kappa shape index (κ3) is 1.72. The molecule has 70 valence electrons. The summed E-state index contributed by atoms with van der Waals surface area (Å²) in [4.78, 5) is 4.12. The molecular weight excluding hydrogens is 160 g/mol. The van der Waals surface area contributed by atoms with Gasteiger partial charge in [0.2, 0.25) is 0 Å². The predicted octanol–water partition coefficient (Wildman–Crippen LogP) is 2.91. The molecule has 0 aliphatic rings. The minimum absolute atomic E-state index is 1.20. The summed E-state index contributed by atoms with van der Waals surface area (Å²) >= 11 is 0. The van der Waals surface area contributed by atoms with Crippen molar-refractivity contribution in [2.75, 3.05) is 0 Å². The Balaban J connectivity index is 0.000000396. The molecule has 2 heterocycles. The highest BCUT2D eigenvalue weighted by Gasteiger charge is 1.98. The first-order valence-corrected chi connectivity index (χ1v) is 4.64. The van der Waals surface area contributed by atoms with Gasteiger partial charge in [0.25, 0.3) is 0 Å². The number of hydrogen-bond donors (Lipinski definition) is 0. The number of nitrogens with zero attached hydrogens (tertiary/aromatic N) is 2. The summed E-state index contributed by atoms with van der Waals surface area (Å²) in [5, 5.41) is 1.29. The summed E-state index contributed by atoms with van der Waals surface area (Å²) in [5.74, 6) is 0. The van der Waals surface area contributed by atoms with E-state index in [1.54, 1.807) is 0 Å². The fourth-order valence-electron chi connectivity index (χ4n) is 1.33. The SMILES string of the molecule is CC.Cc1cncc2c1ccn2C. The van der Waals surface area contributed by atoms with Crippen LogP contribution < -0.4 is 0 Å². The summed E-state index contributed by atoms with van der Waals surface area (Å²) in [6.45, 7) is 6.08.